The van der Waals surface area contributed by atoms with E-state index in [9.17, 15) is 9.90 Å². The first kappa shape index (κ1) is 12.8. The van der Waals surface area contributed by atoms with E-state index >= 15 is 0 Å². The minimum atomic E-state index is -0.547. The van der Waals surface area contributed by atoms with Crippen LogP contribution in [0.3, 0.4) is 0 Å². The van der Waals surface area contributed by atoms with Gasteiger partial charge in [-0.3, -0.25) is 4.79 Å². The molecule has 0 spiro atoms. The molecule has 17 heavy (non-hydrogen) atoms. The number of carbonyl (C=O) groups excluding carboxylic acids is 1. The highest BCUT2D eigenvalue weighted by atomic mass is 16.3. The first-order chi connectivity index (χ1) is 7.89. The second-order valence-corrected chi connectivity index (χ2v) is 6.27. The highest BCUT2D eigenvalue weighted by Gasteiger charge is 2.52. The number of hydrogen-bond donors (Lipinski definition) is 1. The summed E-state index contributed by atoms with van der Waals surface area (Å²) in [6, 6.07) is 0. The van der Waals surface area contributed by atoms with Crippen LogP contribution in [0.25, 0.3) is 0 Å². The van der Waals surface area contributed by atoms with Crippen LogP contribution >= 0.6 is 0 Å². The molecule has 0 bridgehead atoms. The summed E-state index contributed by atoms with van der Waals surface area (Å²) >= 11 is 0. The third-order valence-electron chi connectivity index (χ3n) is 5.11. The average Bonchev–Trinajstić information content (AvgIpc) is 2.20. The quantitative estimate of drug-likeness (QED) is 0.656. The van der Waals surface area contributed by atoms with Crippen LogP contribution in [0.2, 0.25) is 0 Å². The molecule has 2 fully saturated rings. The topological polar surface area (TPSA) is 37.3 Å². The summed E-state index contributed by atoms with van der Waals surface area (Å²) < 4.78 is 0. The van der Waals surface area contributed by atoms with Crippen molar-refractivity contribution in [2.45, 2.75) is 59.5 Å². The second kappa shape index (κ2) is 4.24. The smallest absolute Gasteiger partial charge is 0.139 e. The van der Waals surface area contributed by atoms with E-state index in [-0.39, 0.29) is 17.1 Å². The number of aliphatic hydroxyl groups excluding tert-OH is 1. The molecule has 0 aromatic carbocycles. The third-order valence-corrected chi connectivity index (χ3v) is 5.11. The molecule has 2 nitrogen and oxygen atoms in total. The van der Waals surface area contributed by atoms with E-state index < -0.39 is 6.10 Å². The summed E-state index contributed by atoms with van der Waals surface area (Å²) in [5.74, 6) is 0.904. The molecule has 0 amide bonds. The molecule has 2 heteroatoms. The largest absolute Gasteiger partial charge is 0.388 e. The lowest BCUT2D eigenvalue weighted by atomic mass is 9.52. The molecule has 0 aromatic heterocycles. The van der Waals surface area contributed by atoms with Gasteiger partial charge in [-0.2, -0.15) is 0 Å². The number of allylic oxidation sites excluding steroid dienone is 1. The number of ketones is 1. The molecule has 2 aliphatic rings. The van der Waals surface area contributed by atoms with E-state index in [1.165, 1.54) is 12.0 Å². The fraction of sp³-hybridized carbons (Fsp3) is 0.800. The molecule has 2 aliphatic carbocycles. The van der Waals surface area contributed by atoms with Crippen molar-refractivity contribution in [2.75, 3.05) is 0 Å². The predicted molar refractivity (Wildman–Crippen MR) is 68.6 cm³/mol. The van der Waals surface area contributed by atoms with Gasteiger partial charge in [-0.25, -0.2) is 0 Å². The molecule has 0 aliphatic heterocycles. The Morgan fingerprint density at radius 3 is 2.59 bits per heavy atom. The van der Waals surface area contributed by atoms with Gasteiger partial charge < -0.3 is 5.11 Å². The fourth-order valence-corrected chi connectivity index (χ4v) is 4.19. The molecular weight excluding hydrogens is 212 g/mol. The SMILES string of the molecule is CC(C)=C1[C@H](O)CC(=O)[C@H]2CCC[C@@H](C)[C@]12C. The molecule has 1 N–H and O–H groups in total. The van der Waals surface area contributed by atoms with Gasteiger partial charge in [-0.15, -0.1) is 0 Å². The minimum Gasteiger partial charge on any atom is -0.388 e. The van der Waals surface area contributed by atoms with Gasteiger partial charge in [0.2, 0.25) is 0 Å². The molecular formula is C15H24O2. The van der Waals surface area contributed by atoms with Crippen molar-refractivity contribution in [1.29, 1.82) is 0 Å². The number of Topliss-reactive ketones (excluding diaryl/α,β-unsaturated/α-hetero) is 1. The van der Waals surface area contributed by atoms with E-state index in [1.807, 2.05) is 0 Å². The zero-order valence-corrected chi connectivity index (χ0v) is 11.4. The highest BCUT2D eigenvalue weighted by molar-refractivity contribution is 5.85. The van der Waals surface area contributed by atoms with E-state index in [4.69, 9.17) is 0 Å². The predicted octanol–water partition coefficient (Wildman–Crippen LogP) is 3.10. The van der Waals surface area contributed by atoms with Gasteiger partial charge in [0, 0.05) is 17.8 Å². The summed E-state index contributed by atoms with van der Waals surface area (Å²) in [7, 11) is 0. The van der Waals surface area contributed by atoms with Gasteiger partial charge in [-0.05, 0) is 38.2 Å². The molecule has 0 unspecified atom stereocenters. The molecule has 0 heterocycles. The molecule has 2 saturated carbocycles. The number of carbonyl (C=O) groups is 1. The van der Waals surface area contributed by atoms with E-state index in [1.54, 1.807) is 0 Å². The minimum absolute atomic E-state index is 0.105. The van der Waals surface area contributed by atoms with Gasteiger partial charge in [0.25, 0.3) is 0 Å². The molecule has 0 radical (unpaired) electrons. The maximum absolute atomic E-state index is 12.2. The van der Waals surface area contributed by atoms with Crippen LogP contribution in [0.1, 0.15) is 53.4 Å². The molecule has 0 aromatic rings. The lowest BCUT2D eigenvalue weighted by Gasteiger charge is -2.52. The highest BCUT2D eigenvalue weighted by Crippen LogP contribution is 2.55. The summed E-state index contributed by atoms with van der Waals surface area (Å²) in [4.78, 5) is 12.2. The van der Waals surface area contributed by atoms with Crippen LogP contribution in [0.5, 0.6) is 0 Å². The maximum atomic E-state index is 12.2. The van der Waals surface area contributed by atoms with Gasteiger partial charge in [0.05, 0.1) is 6.10 Å². The van der Waals surface area contributed by atoms with Crippen molar-refractivity contribution in [3.63, 3.8) is 0 Å². The molecule has 4 atom stereocenters. The third kappa shape index (κ3) is 1.77. The van der Waals surface area contributed by atoms with Gasteiger partial charge >= 0.3 is 0 Å². The Balaban J connectivity index is 2.53. The summed E-state index contributed by atoms with van der Waals surface area (Å²) in [6.07, 6.45) is 3.11. The Labute approximate surface area is 104 Å². The van der Waals surface area contributed by atoms with Gasteiger partial charge in [-0.1, -0.05) is 25.8 Å². The summed E-state index contributed by atoms with van der Waals surface area (Å²) in [6.45, 7) is 8.57. The van der Waals surface area contributed by atoms with Crippen LogP contribution in [0.15, 0.2) is 11.1 Å². The van der Waals surface area contributed by atoms with Crippen molar-refractivity contribution in [3.05, 3.63) is 11.1 Å². The Bertz CT molecular complexity index is 365. The fourth-order valence-electron chi connectivity index (χ4n) is 4.19. The Kier molecular flexibility index (Phi) is 3.19. The zero-order chi connectivity index (χ0) is 12.8. The second-order valence-electron chi connectivity index (χ2n) is 6.27. The van der Waals surface area contributed by atoms with Crippen molar-refractivity contribution >= 4 is 5.78 Å². The lowest BCUT2D eigenvalue weighted by molar-refractivity contribution is -0.135. The number of fused-ring (bicyclic) bond motifs is 1. The van der Waals surface area contributed by atoms with Crippen LogP contribution in [-0.4, -0.2) is 17.0 Å². The van der Waals surface area contributed by atoms with Crippen molar-refractivity contribution in [2.24, 2.45) is 17.3 Å². The Morgan fingerprint density at radius 2 is 2.00 bits per heavy atom. The van der Waals surface area contributed by atoms with E-state index in [2.05, 4.69) is 27.7 Å². The van der Waals surface area contributed by atoms with Crippen LogP contribution in [0.4, 0.5) is 0 Å². The first-order valence-corrected chi connectivity index (χ1v) is 6.77. The summed E-state index contributed by atoms with van der Waals surface area (Å²) in [5.41, 5.74) is 2.24. The maximum Gasteiger partial charge on any atom is 0.139 e. The number of rotatable bonds is 0. The first-order valence-electron chi connectivity index (χ1n) is 6.77. The van der Waals surface area contributed by atoms with Crippen LogP contribution in [0, 0.1) is 17.3 Å². The van der Waals surface area contributed by atoms with Crippen molar-refractivity contribution in [3.8, 4) is 0 Å². The monoisotopic (exact) mass is 236 g/mol. The van der Waals surface area contributed by atoms with Crippen LogP contribution < -0.4 is 0 Å². The normalized spacial score (nSPS) is 42.3. The molecule has 0 saturated heterocycles. The summed E-state index contributed by atoms with van der Waals surface area (Å²) in [5, 5.41) is 10.3. The van der Waals surface area contributed by atoms with Crippen molar-refractivity contribution in [1.82, 2.24) is 0 Å². The Hall–Kier alpha value is -0.630. The standard InChI is InChI=1S/C15H24O2/c1-9(2)14-13(17)8-12(16)11-7-5-6-10(3)15(11,14)4/h10-11,13,17H,5-8H2,1-4H3/t10-,11-,13-,15+/m1/s1. The number of aliphatic hydroxyl groups is 1. The molecule has 2 rings (SSSR count). The van der Waals surface area contributed by atoms with E-state index in [0.29, 0.717) is 12.3 Å². The van der Waals surface area contributed by atoms with Crippen molar-refractivity contribution < 1.29 is 9.90 Å². The zero-order valence-electron chi connectivity index (χ0n) is 11.4. The number of hydrogen-bond acceptors (Lipinski definition) is 2. The average molecular weight is 236 g/mol. The van der Waals surface area contributed by atoms with Crippen LogP contribution in [-0.2, 0) is 4.79 Å². The van der Waals surface area contributed by atoms with E-state index in [0.717, 1.165) is 18.4 Å². The van der Waals surface area contributed by atoms with Gasteiger partial charge in [0.1, 0.15) is 5.78 Å². The Morgan fingerprint density at radius 1 is 1.35 bits per heavy atom. The molecule has 96 valence electrons. The van der Waals surface area contributed by atoms with Gasteiger partial charge in [0.15, 0.2) is 0 Å². The lowest BCUT2D eigenvalue weighted by Crippen LogP contribution is -2.51.